The van der Waals surface area contributed by atoms with E-state index in [2.05, 4.69) is 12.6 Å². The molecule has 0 atom stereocenters. The summed E-state index contributed by atoms with van der Waals surface area (Å²) in [5, 5.41) is 0. The number of nitrogens with one attached hydrogen (secondary N) is 1. The number of hydrogen-bond donors (Lipinski definition) is 2. The van der Waals surface area contributed by atoms with Gasteiger partial charge in [0, 0.05) is 6.07 Å². The standard InChI is InChI=1S/C13H11F3N2O3.C2H6S/c1-21-9-4-2-8(3-5-9)7-18-11(19)6-10(13(14,15)16)17-12(18)20;1-2-3/h2-6H,7H2,1H3,(H,17,20);3H,2H2,1H3. The highest BCUT2D eigenvalue weighted by atomic mass is 32.1. The number of rotatable bonds is 3. The van der Waals surface area contributed by atoms with Crippen LogP contribution in [0.25, 0.3) is 0 Å². The first-order chi connectivity index (χ1) is 11.2. The number of alkyl halides is 3. The Hall–Kier alpha value is -2.16. The molecule has 1 heterocycles. The lowest BCUT2D eigenvalue weighted by atomic mass is 10.2. The average Bonchev–Trinajstić information content (AvgIpc) is 2.51. The Balaban J connectivity index is 0.000000891. The van der Waals surface area contributed by atoms with Crippen LogP contribution in [0.5, 0.6) is 5.75 Å². The number of halogens is 3. The number of nitrogens with zero attached hydrogens (tertiary/aromatic N) is 1. The maximum absolute atomic E-state index is 12.5. The Kier molecular flexibility index (Phi) is 7.15. The molecule has 1 aromatic carbocycles. The van der Waals surface area contributed by atoms with Gasteiger partial charge in [-0.25, -0.2) is 4.79 Å². The van der Waals surface area contributed by atoms with Crippen LogP contribution in [0.1, 0.15) is 18.2 Å². The van der Waals surface area contributed by atoms with E-state index in [1.807, 2.05) is 6.92 Å². The van der Waals surface area contributed by atoms with Gasteiger partial charge in [-0.3, -0.25) is 9.36 Å². The molecule has 2 aromatic rings. The van der Waals surface area contributed by atoms with Crippen molar-refractivity contribution in [2.45, 2.75) is 19.6 Å². The molecule has 9 heteroatoms. The number of methoxy groups -OCH3 is 1. The minimum Gasteiger partial charge on any atom is -0.497 e. The van der Waals surface area contributed by atoms with Gasteiger partial charge in [-0.05, 0) is 23.4 Å². The summed E-state index contributed by atoms with van der Waals surface area (Å²) in [7, 11) is 1.49. The van der Waals surface area contributed by atoms with Gasteiger partial charge in [0.2, 0.25) is 0 Å². The number of thiol groups is 1. The first kappa shape index (κ1) is 19.9. The van der Waals surface area contributed by atoms with Crippen LogP contribution in [-0.4, -0.2) is 22.4 Å². The summed E-state index contributed by atoms with van der Waals surface area (Å²) in [6.07, 6.45) is -4.77. The minimum atomic E-state index is -4.77. The first-order valence-electron chi connectivity index (χ1n) is 6.88. The number of H-pyrrole nitrogens is 1. The van der Waals surface area contributed by atoms with E-state index in [0.717, 1.165) is 5.75 Å². The summed E-state index contributed by atoms with van der Waals surface area (Å²) in [6.45, 7) is 1.86. The largest absolute Gasteiger partial charge is 0.497 e. The molecular formula is C15H17F3N2O3S. The summed E-state index contributed by atoms with van der Waals surface area (Å²) < 4.78 is 43.0. The van der Waals surface area contributed by atoms with Gasteiger partial charge in [0.1, 0.15) is 11.4 Å². The Labute approximate surface area is 141 Å². The lowest BCUT2D eigenvalue weighted by Gasteiger charge is -2.09. The molecule has 0 bridgehead atoms. The van der Waals surface area contributed by atoms with Crippen LogP contribution >= 0.6 is 12.6 Å². The summed E-state index contributed by atoms with van der Waals surface area (Å²) in [6, 6.07) is 6.84. The number of hydrogen-bond acceptors (Lipinski definition) is 4. The molecule has 0 radical (unpaired) electrons. The van der Waals surface area contributed by atoms with E-state index < -0.39 is 23.1 Å². The molecule has 0 aliphatic heterocycles. The average molecular weight is 362 g/mol. The van der Waals surface area contributed by atoms with E-state index in [1.54, 1.807) is 29.2 Å². The molecule has 0 aliphatic carbocycles. The van der Waals surface area contributed by atoms with Crippen LogP contribution in [0.4, 0.5) is 13.2 Å². The van der Waals surface area contributed by atoms with E-state index in [0.29, 0.717) is 21.9 Å². The quantitative estimate of drug-likeness (QED) is 0.825. The van der Waals surface area contributed by atoms with Gasteiger partial charge in [0.25, 0.3) is 5.56 Å². The van der Waals surface area contributed by atoms with E-state index in [-0.39, 0.29) is 6.54 Å². The van der Waals surface area contributed by atoms with E-state index in [4.69, 9.17) is 4.74 Å². The fourth-order valence-corrected chi connectivity index (χ4v) is 1.74. The molecule has 132 valence electrons. The number of aromatic nitrogens is 2. The van der Waals surface area contributed by atoms with Crippen molar-refractivity contribution in [1.82, 2.24) is 9.55 Å². The van der Waals surface area contributed by atoms with Crippen LogP contribution in [-0.2, 0) is 12.7 Å². The Morgan fingerprint density at radius 3 is 2.17 bits per heavy atom. The molecule has 0 amide bonds. The van der Waals surface area contributed by atoms with Crippen LogP contribution < -0.4 is 16.0 Å². The predicted molar refractivity (Wildman–Crippen MR) is 87.9 cm³/mol. The molecule has 0 aliphatic rings. The zero-order chi connectivity index (χ0) is 18.3. The molecule has 5 nitrogen and oxygen atoms in total. The van der Waals surface area contributed by atoms with Crippen molar-refractivity contribution in [3.05, 3.63) is 62.4 Å². The molecule has 24 heavy (non-hydrogen) atoms. The Bertz CT molecular complexity index is 736. The second kappa shape index (κ2) is 8.62. The lowest BCUT2D eigenvalue weighted by molar-refractivity contribution is -0.141. The highest BCUT2D eigenvalue weighted by Gasteiger charge is 2.32. The van der Waals surface area contributed by atoms with Crippen molar-refractivity contribution in [2.24, 2.45) is 0 Å². The highest BCUT2D eigenvalue weighted by Crippen LogP contribution is 2.25. The molecule has 2 rings (SSSR count). The van der Waals surface area contributed by atoms with Crippen LogP contribution in [0.15, 0.2) is 39.9 Å². The van der Waals surface area contributed by atoms with Crippen molar-refractivity contribution < 1.29 is 17.9 Å². The van der Waals surface area contributed by atoms with Gasteiger partial charge in [-0.2, -0.15) is 25.8 Å². The smallest absolute Gasteiger partial charge is 0.431 e. The molecule has 1 aromatic heterocycles. The Morgan fingerprint density at radius 2 is 1.75 bits per heavy atom. The molecule has 0 saturated heterocycles. The van der Waals surface area contributed by atoms with Crippen LogP contribution in [0.2, 0.25) is 0 Å². The van der Waals surface area contributed by atoms with Gasteiger partial charge in [0.05, 0.1) is 13.7 Å². The monoisotopic (exact) mass is 362 g/mol. The summed E-state index contributed by atoms with van der Waals surface area (Å²) >= 11 is 3.79. The van der Waals surface area contributed by atoms with Crippen molar-refractivity contribution >= 4 is 12.6 Å². The van der Waals surface area contributed by atoms with Crippen LogP contribution in [0.3, 0.4) is 0 Å². The third-order valence-electron chi connectivity index (χ3n) is 2.83. The normalized spacial score (nSPS) is 10.8. The molecule has 0 spiro atoms. The fraction of sp³-hybridized carbons (Fsp3) is 0.333. The third kappa shape index (κ3) is 5.48. The summed E-state index contributed by atoms with van der Waals surface area (Å²) in [4.78, 5) is 24.9. The fourth-order valence-electron chi connectivity index (χ4n) is 1.74. The maximum atomic E-state index is 12.5. The van der Waals surface area contributed by atoms with Crippen molar-refractivity contribution in [1.29, 1.82) is 0 Å². The minimum absolute atomic E-state index is 0.129. The molecule has 0 fully saturated rings. The summed E-state index contributed by atoms with van der Waals surface area (Å²) in [5.41, 5.74) is -2.89. The molecule has 0 unspecified atom stereocenters. The Morgan fingerprint density at radius 1 is 1.21 bits per heavy atom. The molecule has 0 saturated carbocycles. The highest BCUT2D eigenvalue weighted by molar-refractivity contribution is 7.80. The predicted octanol–water partition coefficient (Wildman–Crippen LogP) is 2.55. The van der Waals surface area contributed by atoms with E-state index in [9.17, 15) is 22.8 Å². The van der Waals surface area contributed by atoms with Gasteiger partial charge in [-0.1, -0.05) is 19.1 Å². The summed E-state index contributed by atoms with van der Waals surface area (Å²) in [5.74, 6) is 1.53. The van der Waals surface area contributed by atoms with Crippen molar-refractivity contribution in [3.63, 3.8) is 0 Å². The topological polar surface area (TPSA) is 64.1 Å². The number of benzene rings is 1. The van der Waals surface area contributed by atoms with Crippen molar-refractivity contribution in [2.75, 3.05) is 12.9 Å². The van der Waals surface area contributed by atoms with Gasteiger partial charge in [0.15, 0.2) is 0 Å². The van der Waals surface area contributed by atoms with E-state index in [1.165, 1.54) is 7.11 Å². The number of aromatic amines is 1. The second-order valence-electron chi connectivity index (χ2n) is 4.57. The first-order valence-corrected chi connectivity index (χ1v) is 7.51. The van der Waals surface area contributed by atoms with Crippen LogP contribution in [0, 0.1) is 0 Å². The van der Waals surface area contributed by atoms with E-state index >= 15 is 0 Å². The van der Waals surface area contributed by atoms with Gasteiger partial charge < -0.3 is 9.72 Å². The molecular weight excluding hydrogens is 345 g/mol. The lowest BCUT2D eigenvalue weighted by Crippen LogP contribution is -2.37. The zero-order valence-corrected chi connectivity index (χ0v) is 13.9. The van der Waals surface area contributed by atoms with Crippen molar-refractivity contribution in [3.8, 4) is 5.75 Å². The third-order valence-corrected chi connectivity index (χ3v) is 2.83. The number of ether oxygens (including phenoxy) is 1. The maximum Gasteiger partial charge on any atom is 0.431 e. The zero-order valence-electron chi connectivity index (χ0n) is 13.1. The van der Waals surface area contributed by atoms with Gasteiger partial charge in [-0.15, -0.1) is 0 Å². The SMILES string of the molecule is CCS.COc1ccc(Cn2c(=O)cc(C(F)(F)F)[nH]c2=O)cc1. The second-order valence-corrected chi connectivity index (χ2v) is 5.21. The molecule has 1 N–H and O–H groups in total. The van der Waals surface area contributed by atoms with Gasteiger partial charge >= 0.3 is 11.9 Å².